The van der Waals surface area contributed by atoms with E-state index in [1.807, 2.05) is 6.92 Å². The molecule has 0 atom stereocenters. The summed E-state index contributed by atoms with van der Waals surface area (Å²) in [6.07, 6.45) is 0. The Bertz CT molecular complexity index is 2160. The molecule has 0 radical (unpaired) electrons. The van der Waals surface area contributed by atoms with Gasteiger partial charge in [-0.2, -0.15) is 26.0 Å². The van der Waals surface area contributed by atoms with E-state index in [9.17, 15) is 34.4 Å². The number of halogens is 4. The Morgan fingerprint density at radius 3 is 1.41 bits per heavy atom. The molecule has 0 heterocycles. The number of aryl methyl sites for hydroxylation is 2. The molecular weight excluding hydrogens is 709 g/mol. The summed E-state index contributed by atoms with van der Waals surface area (Å²) < 4.78 is 131. The van der Waals surface area contributed by atoms with Crippen LogP contribution < -0.4 is 14.2 Å². The van der Waals surface area contributed by atoms with Gasteiger partial charge in [-0.05, 0) is 117 Å². The van der Waals surface area contributed by atoms with Crippen LogP contribution in [0.4, 0.5) is 17.6 Å². The number of rotatable bonds is 12. The predicted molar refractivity (Wildman–Crippen MR) is 175 cm³/mol. The zero-order chi connectivity index (χ0) is 35.6. The number of alkyl halides is 4. The number of sulfone groups is 1. The zero-order valence-electron chi connectivity index (χ0n) is 25.5. The van der Waals surface area contributed by atoms with Gasteiger partial charge in [-0.25, -0.2) is 8.42 Å². The number of hydrogen-bond donors (Lipinski definition) is 1. The minimum Gasteiger partial charge on any atom is -0.457 e. The SMILES string of the molecule is Cc1ccc(Oc2ccc(Oc3ccc(Oc4ccc(S(=O)(=O)c5ccc(C)cc5)cc4)cc3)cc2SC(F)(F)C(F)(F)S(=O)(=O)O)cc1. The highest BCUT2D eigenvalue weighted by Gasteiger charge is 2.66. The number of ether oxygens (including phenoxy) is 3. The highest BCUT2D eigenvalue weighted by Crippen LogP contribution is 2.52. The quantitative estimate of drug-likeness (QED) is 0.0760. The van der Waals surface area contributed by atoms with Crippen molar-refractivity contribution < 1.29 is 53.2 Å². The summed E-state index contributed by atoms with van der Waals surface area (Å²) in [5.74, 6) is 0.642. The Labute approximate surface area is 283 Å². The van der Waals surface area contributed by atoms with Gasteiger partial charge in [-0.15, -0.1) is 0 Å². The normalized spacial score (nSPS) is 12.4. The summed E-state index contributed by atoms with van der Waals surface area (Å²) in [5, 5.41) is -11.1. The van der Waals surface area contributed by atoms with Crippen molar-refractivity contribution >= 4 is 31.7 Å². The fourth-order valence-electron chi connectivity index (χ4n) is 4.19. The molecule has 0 aliphatic rings. The van der Waals surface area contributed by atoms with Crippen LogP contribution in [0, 0.1) is 13.8 Å². The van der Waals surface area contributed by atoms with Crippen molar-refractivity contribution in [3.63, 3.8) is 0 Å². The van der Waals surface area contributed by atoms with Gasteiger partial charge in [0.25, 0.3) is 0 Å². The van der Waals surface area contributed by atoms with E-state index in [0.717, 1.165) is 17.2 Å². The van der Waals surface area contributed by atoms with E-state index in [1.54, 1.807) is 31.2 Å². The largest absolute Gasteiger partial charge is 0.457 e. The van der Waals surface area contributed by atoms with Gasteiger partial charge in [0, 0.05) is 0 Å². The van der Waals surface area contributed by atoms with Crippen molar-refractivity contribution in [1.29, 1.82) is 0 Å². The maximum Gasteiger partial charge on any atom is 0.442 e. The third-order valence-electron chi connectivity index (χ3n) is 6.83. The molecule has 1 N–H and O–H groups in total. The summed E-state index contributed by atoms with van der Waals surface area (Å²) in [7, 11) is -10.2. The van der Waals surface area contributed by atoms with Crippen molar-refractivity contribution in [2.75, 3.05) is 0 Å². The number of benzene rings is 5. The van der Waals surface area contributed by atoms with E-state index in [1.165, 1.54) is 84.9 Å². The zero-order valence-corrected chi connectivity index (χ0v) is 28.0. The van der Waals surface area contributed by atoms with Crippen molar-refractivity contribution in [1.82, 2.24) is 0 Å². The third kappa shape index (κ3) is 8.19. The highest BCUT2D eigenvalue weighted by molar-refractivity contribution is 8.01. The van der Waals surface area contributed by atoms with Crippen molar-refractivity contribution in [2.24, 2.45) is 0 Å². The molecule has 0 bridgehead atoms. The first-order chi connectivity index (χ1) is 22.9. The average Bonchev–Trinajstić information content (AvgIpc) is 3.04. The standard InChI is InChI=1S/C34H26F4O8S3/c1-22-3-7-27(8-4-22)46-31-20-15-28(21-32(31)47-33(35,36)34(37,38)49(41,42)43)45-25-11-9-24(10-12-25)44-26-13-18-30(19-14-26)48(39,40)29-16-5-23(2)6-17-29/h3-21H,1-2H3,(H,41,42,43). The summed E-state index contributed by atoms with van der Waals surface area (Å²) in [4.78, 5) is -0.370. The maximum atomic E-state index is 14.6. The first-order valence-electron chi connectivity index (χ1n) is 14.1. The maximum absolute atomic E-state index is 14.6. The minimum absolute atomic E-state index is 0.0831. The minimum atomic E-state index is -6.48. The Morgan fingerprint density at radius 2 is 0.918 bits per heavy atom. The van der Waals surface area contributed by atoms with E-state index in [0.29, 0.717) is 11.5 Å². The molecule has 0 aliphatic heterocycles. The molecule has 0 saturated carbocycles. The van der Waals surface area contributed by atoms with Gasteiger partial charge in [0.05, 0.1) is 14.7 Å². The summed E-state index contributed by atoms with van der Waals surface area (Å²) in [6.45, 7) is 3.65. The molecule has 0 amide bonds. The van der Waals surface area contributed by atoms with Crippen LogP contribution in [0.25, 0.3) is 0 Å². The summed E-state index contributed by atoms with van der Waals surface area (Å²) in [5.41, 5.74) is 1.79. The molecule has 0 spiro atoms. The van der Waals surface area contributed by atoms with E-state index in [-0.39, 0.29) is 32.8 Å². The highest BCUT2D eigenvalue weighted by atomic mass is 32.2. The van der Waals surface area contributed by atoms with Gasteiger partial charge in [0.1, 0.15) is 34.5 Å². The second-order valence-corrected chi connectivity index (χ2v) is 15.2. The smallest absolute Gasteiger partial charge is 0.442 e. The second kappa shape index (κ2) is 13.7. The van der Waals surface area contributed by atoms with Crippen LogP contribution in [0.1, 0.15) is 11.1 Å². The molecule has 0 saturated heterocycles. The fraction of sp³-hybridized carbons (Fsp3) is 0.118. The van der Waals surface area contributed by atoms with Gasteiger partial charge in [-0.3, -0.25) is 4.55 Å². The lowest BCUT2D eigenvalue weighted by Crippen LogP contribution is -2.44. The van der Waals surface area contributed by atoms with Crippen molar-refractivity contribution in [3.05, 3.63) is 126 Å². The van der Waals surface area contributed by atoms with Crippen LogP contribution in [0.2, 0.25) is 0 Å². The molecule has 49 heavy (non-hydrogen) atoms. The Balaban J connectivity index is 1.33. The molecule has 0 aromatic heterocycles. The molecule has 5 aromatic rings. The van der Waals surface area contributed by atoms with Crippen LogP contribution in [0.15, 0.2) is 130 Å². The molecule has 5 rings (SSSR count). The van der Waals surface area contributed by atoms with Crippen LogP contribution in [-0.4, -0.2) is 31.9 Å². The lowest BCUT2D eigenvalue weighted by atomic mass is 10.2. The third-order valence-corrected chi connectivity index (χ3v) is 10.7. The Hall–Kier alpha value is -4.57. The summed E-state index contributed by atoms with van der Waals surface area (Å²) in [6, 6.07) is 28.1. The van der Waals surface area contributed by atoms with Gasteiger partial charge in [0.15, 0.2) is 0 Å². The van der Waals surface area contributed by atoms with E-state index in [4.69, 9.17) is 18.8 Å². The van der Waals surface area contributed by atoms with Gasteiger partial charge in [0.2, 0.25) is 9.84 Å². The first-order valence-corrected chi connectivity index (χ1v) is 17.9. The molecule has 5 aromatic carbocycles. The lowest BCUT2D eigenvalue weighted by molar-refractivity contribution is -0.0946. The van der Waals surface area contributed by atoms with Crippen LogP contribution in [0.5, 0.6) is 34.5 Å². The van der Waals surface area contributed by atoms with Crippen LogP contribution >= 0.6 is 11.8 Å². The average molecular weight is 735 g/mol. The van der Waals surface area contributed by atoms with Gasteiger partial charge in [-0.1, -0.05) is 35.4 Å². The lowest BCUT2D eigenvalue weighted by Gasteiger charge is -2.24. The molecular formula is C34H26F4O8S3. The molecule has 0 fully saturated rings. The molecule has 15 heteroatoms. The van der Waals surface area contributed by atoms with Gasteiger partial charge >= 0.3 is 20.6 Å². The topological polar surface area (TPSA) is 116 Å². The van der Waals surface area contributed by atoms with Crippen molar-refractivity contribution in [2.45, 2.75) is 39.0 Å². The van der Waals surface area contributed by atoms with E-state index in [2.05, 4.69) is 0 Å². The second-order valence-electron chi connectivity index (χ2n) is 10.6. The molecule has 0 aliphatic carbocycles. The predicted octanol–water partition coefficient (Wildman–Crippen LogP) is 9.68. The van der Waals surface area contributed by atoms with Gasteiger partial charge < -0.3 is 14.2 Å². The number of thioether (sulfide) groups is 1. The molecule has 256 valence electrons. The summed E-state index contributed by atoms with van der Waals surface area (Å²) >= 11 is -0.826. The monoisotopic (exact) mass is 734 g/mol. The van der Waals surface area contributed by atoms with Crippen molar-refractivity contribution in [3.8, 4) is 34.5 Å². The Kier molecular flexibility index (Phi) is 10.0. The number of hydrogen-bond acceptors (Lipinski definition) is 8. The van der Waals surface area contributed by atoms with E-state index >= 15 is 0 Å². The van der Waals surface area contributed by atoms with E-state index < -0.39 is 47.1 Å². The Morgan fingerprint density at radius 1 is 0.551 bits per heavy atom. The fourth-order valence-corrected chi connectivity index (χ4v) is 6.97. The van der Waals surface area contributed by atoms with Crippen LogP contribution in [-0.2, 0) is 20.0 Å². The van der Waals surface area contributed by atoms with Crippen LogP contribution in [0.3, 0.4) is 0 Å². The molecule has 0 unspecified atom stereocenters. The molecule has 8 nitrogen and oxygen atoms in total. The first kappa shape index (κ1) is 35.7.